The summed E-state index contributed by atoms with van der Waals surface area (Å²) in [6.45, 7) is 2.11. The van der Waals surface area contributed by atoms with Crippen molar-refractivity contribution in [2.24, 2.45) is 0 Å². The molecule has 0 atom stereocenters. The van der Waals surface area contributed by atoms with Crippen LogP contribution in [0.5, 0.6) is 5.75 Å². The van der Waals surface area contributed by atoms with Crippen LogP contribution in [0.3, 0.4) is 0 Å². The highest BCUT2D eigenvalue weighted by Gasteiger charge is 2.21. The van der Waals surface area contributed by atoms with E-state index in [1.54, 1.807) is 0 Å². The lowest BCUT2D eigenvalue weighted by atomic mass is 9.93. The van der Waals surface area contributed by atoms with Crippen LogP contribution >= 0.6 is 0 Å². The third-order valence-electron chi connectivity index (χ3n) is 3.94. The first kappa shape index (κ1) is 12.9. The average molecular weight is 284 g/mol. The molecule has 22 heavy (non-hydrogen) atoms. The summed E-state index contributed by atoms with van der Waals surface area (Å²) >= 11 is 0. The molecule has 0 spiro atoms. The van der Waals surface area contributed by atoms with Gasteiger partial charge in [-0.05, 0) is 36.3 Å². The van der Waals surface area contributed by atoms with Gasteiger partial charge in [0, 0.05) is 11.1 Å². The predicted octanol–water partition coefficient (Wildman–Crippen LogP) is 5.55. The molecule has 1 heterocycles. The molecule has 0 bridgehead atoms. The Balaban J connectivity index is 1.91. The maximum absolute atomic E-state index is 6.18. The van der Waals surface area contributed by atoms with Crippen molar-refractivity contribution in [3.63, 3.8) is 0 Å². The van der Waals surface area contributed by atoms with Crippen molar-refractivity contribution in [1.29, 1.82) is 0 Å². The Morgan fingerprint density at radius 2 is 1.45 bits per heavy atom. The molecule has 0 N–H and O–H groups in total. The predicted molar refractivity (Wildman–Crippen MR) is 91.6 cm³/mol. The van der Waals surface area contributed by atoms with Crippen molar-refractivity contribution < 1.29 is 4.74 Å². The highest BCUT2D eigenvalue weighted by atomic mass is 16.5. The molecule has 1 aliphatic heterocycles. The summed E-state index contributed by atoms with van der Waals surface area (Å²) in [6, 6.07) is 25.0. The van der Waals surface area contributed by atoms with Crippen LogP contribution < -0.4 is 4.74 Å². The second-order valence-electron chi connectivity index (χ2n) is 5.57. The van der Waals surface area contributed by atoms with Crippen LogP contribution in [0.4, 0.5) is 0 Å². The lowest BCUT2D eigenvalue weighted by Gasteiger charge is -2.23. The number of hydrogen-bond acceptors (Lipinski definition) is 1. The normalized spacial score (nSPS) is 14.1. The second kappa shape index (κ2) is 5.19. The molecule has 3 aromatic rings. The first-order valence-electron chi connectivity index (χ1n) is 7.46. The Kier molecular flexibility index (Phi) is 3.05. The summed E-state index contributed by atoms with van der Waals surface area (Å²) in [6.07, 6.45) is 2.10. The monoisotopic (exact) mass is 284 g/mol. The van der Waals surface area contributed by atoms with E-state index in [1.165, 1.54) is 16.7 Å². The van der Waals surface area contributed by atoms with Gasteiger partial charge in [0.05, 0.1) is 0 Å². The van der Waals surface area contributed by atoms with Gasteiger partial charge in [0.25, 0.3) is 0 Å². The fraction of sp³-hybridized carbons (Fsp3) is 0.0476. The number of ether oxygens (including phenoxy) is 1. The van der Waals surface area contributed by atoms with Crippen LogP contribution in [0.2, 0.25) is 0 Å². The molecule has 1 nitrogen and oxygen atoms in total. The summed E-state index contributed by atoms with van der Waals surface area (Å²) < 4.78 is 6.18. The van der Waals surface area contributed by atoms with Gasteiger partial charge in [-0.1, -0.05) is 66.2 Å². The van der Waals surface area contributed by atoms with E-state index < -0.39 is 0 Å². The largest absolute Gasteiger partial charge is 0.456 e. The Morgan fingerprint density at radius 1 is 0.727 bits per heavy atom. The molecule has 0 saturated carbocycles. The average Bonchev–Trinajstić information content (AvgIpc) is 2.57. The first-order chi connectivity index (χ1) is 10.8. The number of fused-ring (bicyclic) bond motifs is 3. The summed E-state index contributed by atoms with van der Waals surface area (Å²) in [7, 11) is 0. The van der Waals surface area contributed by atoms with E-state index >= 15 is 0 Å². The standard InChI is InChI=1S/C21H16O/c1-15-11-12-20-19(13-15)17-9-5-6-10-18(17)21(22-20)14-16-7-3-2-4-8-16/h2-14H,1H3/b21-14+. The molecule has 4 rings (SSSR count). The van der Waals surface area contributed by atoms with Crippen LogP contribution in [0, 0.1) is 6.92 Å². The third-order valence-corrected chi connectivity index (χ3v) is 3.94. The molecule has 0 amide bonds. The summed E-state index contributed by atoms with van der Waals surface area (Å²) in [5.41, 5.74) is 5.93. The Labute approximate surface area is 130 Å². The third kappa shape index (κ3) is 2.21. The lowest BCUT2D eigenvalue weighted by Crippen LogP contribution is -2.04. The maximum Gasteiger partial charge on any atom is 0.135 e. The molecule has 3 aromatic carbocycles. The topological polar surface area (TPSA) is 9.23 Å². The van der Waals surface area contributed by atoms with Gasteiger partial charge in [-0.2, -0.15) is 0 Å². The first-order valence-corrected chi connectivity index (χ1v) is 7.46. The van der Waals surface area contributed by atoms with E-state index in [9.17, 15) is 0 Å². The van der Waals surface area contributed by atoms with Gasteiger partial charge in [0.15, 0.2) is 0 Å². The van der Waals surface area contributed by atoms with Gasteiger partial charge >= 0.3 is 0 Å². The zero-order chi connectivity index (χ0) is 14.9. The fourth-order valence-electron chi connectivity index (χ4n) is 2.86. The van der Waals surface area contributed by atoms with Crippen molar-refractivity contribution in [2.45, 2.75) is 6.92 Å². The van der Waals surface area contributed by atoms with Gasteiger partial charge in [-0.25, -0.2) is 0 Å². The Morgan fingerprint density at radius 3 is 2.27 bits per heavy atom. The van der Waals surface area contributed by atoms with Gasteiger partial charge in [-0.3, -0.25) is 0 Å². The van der Waals surface area contributed by atoms with E-state index in [0.717, 1.165) is 22.6 Å². The van der Waals surface area contributed by atoms with Gasteiger partial charge in [-0.15, -0.1) is 0 Å². The second-order valence-corrected chi connectivity index (χ2v) is 5.57. The highest BCUT2D eigenvalue weighted by Crippen LogP contribution is 2.42. The molecule has 0 fully saturated rings. The van der Waals surface area contributed by atoms with E-state index in [2.05, 4.69) is 67.6 Å². The molecular formula is C21H16O. The van der Waals surface area contributed by atoms with E-state index in [0.29, 0.717) is 0 Å². The number of rotatable bonds is 1. The minimum Gasteiger partial charge on any atom is -0.456 e. The van der Waals surface area contributed by atoms with Crippen molar-refractivity contribution in [2.75, 3.05) is 0 Å². The van der Waals surface area contributed by atoms with Gasteiger partial charge in [0.1, 0.15) is 11.5 Å². The Hall–Kier alpha value is -2.80. The number of benzene rings is 3. The highest BCUT2D eigenvalue weighted by molar-refractivity contribution is 5.92. The van der Waals surface area contributed by atoms with Crippen LogP contribution in [-0.2, 0) is 0 Å². The summed E-state index contributed by atoms with van der Waals surface area (Å²) in [5, 5.41) is 0. The molecule has 1 aliphatic rings. The van der Waals surface area contributed by atoms with E-state index in [4.69, 9.17) is 4.74 Å². The van der Waals surface area contributed by atoms with Crippen molar-refractivity contribution in [3.8, 4) is 16.9 Å². The molecule has 1 heteroatoms. The molecular weight excluding hydrogens is 268 g/mol. The molecule has 0 aliphatic carbocycles. The Bertz CT molecular complexity index is 860. The lowest BCUT2D eigenvalue weighted by molar-refractivity contribution is 0.515. The SMILES string of the molecule is Cc1ccc2c(c1)-c1ccccc1/C(=C\c1ccccc1)O2. The van der Waals surface area contributed by atoms with Crippen molar-refractivity contribution in [3.05, 3.63) is 89.5 Å². The van der Waals surface area contributed by atoms with Crippen molar-refractivity contribution in [1.82, 2.24) is 0 Å². The quantitative estimate of drug-likeness (QED) is 0.569. The zero-order valence-corrected chi connectivity index (χ0v) is 12.4. The van der Waals surface area contributed by atoms with Gasteiger partial charge in [0.2, 0.25) is 0 Å². The molecule has 0 aromatic heterocycles. The fourth-order valence-corrected chi connectivity index (χ4v) is 2.86. The van der Waals surface area contributed by atoms with E-state index in [1.807, 2.05) is 18.2 Å². The van der Waals surface area contributed by atoms with Crippen LogP contribution in [0.1, 0.15) is 16.7 Å². The summed E-state index contributed by atoms with van der Waals surface area (Å²) in [5.74, 6) is 1.82. The smallest absolute Gasteiger partial charge is 0.135 e. The van der Waals surface area contributed by atoms with Gasteiger partial charge < -0.3 is 4.74 Å². The minimum atomic E-state index is 0.901. The van der Waals surface area contributed by atoms with E-state index in [-0.39, 0.29) is 0 Å². The van der Waals surface area contributed by atoms with Crippen molar-refractivity contribution >= 4 is 11.8 Å². The van der Waals surface area contributed by atoms with Crippen LogP contribution in [0.15, 0.2) is 72.8 Å². The molecule has 0 unspecified atom stereocenters. The van der Waals surface area contributed by atoms with Crippen LogP contribution in [-0.4, -0.2) is 0 Å². The zero-order valence-electron chi connectivity index (χ0n) is 12.4. The molecule has 106 valence electrons. The molecule has 0 saturated heterocycles. The summed E-state index contributed by atoms with van der Waals surface area (Å²) in [4.78, 5) is 0. The number of hydrogen-bond donors (Lipinski definition) is 0. The molecule has 0 radical (unpaired) electrons. The van der Waals surface area contributed by atoms with Crippen LogP contribution in [0.25, 0.3) is 23.0 Å². The maximum atomic E-state index is 6.18. The minimum absolute atomic E-state index is 0.901. The number of aryl methyl sites for hydroxylation is 1.